The van der Waals surface area contributed by atoms with Gasteiger partial charge in [-0.05, 0) is 0 Å². The van der Waals surface area contributed by atoms with Crippen molar-refractivity contribution in [1.29, 1.82) is 0 Å². The Morgan fingerprint density at radius 3 is 1.20 bits per heavy atom. The summed E-state index contributed by atoms with van der Waals surface area (Å²) in [6.07, 6.45) is 0. The summed E-state index contributed by atoms with van der Waals surface area (Å²) in [5.74, 6) is 0. The molecule has 0 spiro atoms. The van der Waals surface area contributed by atoms with Gasteiger partial charge in [0.2, 0.25) is 0 Å². The van der Waals surface area contributed by atoms with Crippen LogP contribution in [0.1, 0.15) is 0 Å². The second-order valence-electron chi connectivity index (χ2n) is 0.0833. The van der Waals surface area contributed by atoms with Crippen LogP contribution in [0.5, 0.6) is 0 Å². The molecular weight excluding hydrogens is 314 g/mol. The zero-order valence-corrected chi connectivity index (χ0v) is 6.28. The van der Waals surface area contributed by atoms with Gasteiger partial charge in [-0.2, -0.15) is 0 Å². The molecule has 1 radical (unpaired) electrons. The molecule has 0 saturated heterocycles. The van der Waals surface area contributed by atoms with E-state index in [0.717, 1.165) is 0 Å². The summed E-state index contributed by atoms with van der Waals surface area (Å²) in [7, 11) is -1.42. The molecule has 0 aromatic carbocycles. The van der Waals surface area contributed by atoms with Gasteiger partial charge in [0.15, 0.2) is 0 Å². The van der Waals surface area contributed by atoms with Crippen molar-refractivity contribution in [2.24, 2.45) is 0 Å². The van der Waals surface area contributed by atoms with Crippen LogP contribution in [-0.4, -0.2) is 9.29 Å². The van der Waals surface area contributed by atoms with E-state index in [1.54, 1.807) is 0 Å². The summed E-state index contributed by atoms with van der Waals surface area (Å²) in [5.41, 5.74) is 0. The monoisotopic (exact) mass is 314 g/mol. The summed E-state index contributed by atoms with van der Waals surface area (Å²) in [4.78, 5) is 0. The molecule has 0 amide bonds. The molecule has 0 fully saturated rings. The van der Waals surface area contributed by atoms with Crippen LogP contribution in [0.3, 0.4) is 0 Å². The Labute approximate surface area is 56.1 Å². The molecule has 0 aliphatic carbocycles. The Hall–Kier alpha value is 1.01. The van der Waals surface area contributed by atoms with Gasteiger partial charge in [0.25, 0.3) is 0 Å². The van der Waals surface area contributed by atoms with E-state index in [0.29, 0.717) is 0 Å². The molecule has 5 heavy (non-hydrogen) atoms. The summed E-state index contributed by atoms with van der Waals surface area (Å²) >= 11 is 0. The van der Waals surface area contributed by atoms with Crippen molar-refractivity contribution in [3.8, 4) is 0 Å². The first-order valence-electron chi connectivity index (χ1n) is 0.408. The molecule has 0 aliphatic heterocycles. The third kappa shape index (κ3) is 44.4. The Kier molecular flexibility index (Phi) is 66.4. The topological polar surface area (TPSA) is 34.1 Å². The molecule has 0 aromatic rings. The standard InChI is InChI=1S/Co.O2Si.Pt/c;1-3-2;. The minimum atomic E-state index is -1.42. The molecule has 0 aromatic heterocycles. The van der Waals surface area contributed by atoms with E-state index in [-0.39, 0.29) is 37.8 Å². The molecule has 5 heteroatoms. The van der Waals surface area contributed by atoms with Gasteiger partial charge in [0.1, 0.15) is 0 Å². The summed E-state index contributed by atoms with van der Waals surface area (Å²) < 4.78 is 16.8. The molecule has 0 atom stereocenters. The van der Waals surface area contributed by atoms with Crippen LogP contribution >= 0.6 is 0 Å². The van der Waals surface area contributed by atoms with E-state index in [4.69, 9.17) is 8.92 Å². The van der Waals surface area contributed by atoms with Gasteiger partial charge in [0.05, 0.1) is 0 Å². The maximum absolute atomic E-state index is 8.40. The van der Waals surface area contributed by atoms with E-state index in [1.165, 1.54) is 0 Å². The third-order valence-electron chi connectivity index (χ3n) is 0. The smallest absolute Gasteiger partial charge is 0.274 e. The normalized spacial score (nSPS) is 1.60. The molecule has 0 rings (SSSR count). The van der Waals surface area contributed by atoms with Crippen molar-refractivity contribution in [3.63, 3.8) is 0 Å². The molecule has 0 saturated carbocycles. The van der Waals surface area contributed by atoms with Gasteiger partial charge in [-0.1, -0.05) is 0 Å². The Balaban J connectivity index is -0.0000000200. The summed E-state index contributed by atoms with van der Waals surface area (Å²) in [5, 5.41) is 0. The predicted octanol–water partition coefficient (Wildman–Crippen LogP) is -0.623. The van der Waals surface area contributed by atoms with Gasteiger partial charge in [0, 0.05) is 37.8 Å². The van der Waals surface area contributed by atoms with Gasteiger partial charge >= 0.3 is 9.29 Å². The molecule has 0 aliphatic rings. The number of hydrogen-bond donors (Lipinski definition) is 0. The van der Waals surface area contributed by atoms with Crippen LogP contribution in [0.2, 0.25) is 0 Å². The van der Waals surface area contributed by atoms with Crippen LogP contribution < -0.4 is 0 Å². The SMILES string of the molecule is O=[Si]=O.[Co].[Pt]. The van der Waals surface area contributed by atoms with Crippen molar-refractivity contribution >= 4 is 9.29 Å². The quantitative estimate of drug-likeness (QED) is 0.559. The van der Waals surface area contributed by atoms with Crippen LogP contribution in [0.4, 0.5) is 0 Å². The van der Waals surface area contributed by atoms with Crippen LogP contribution in [0.15, 0.2) is 0 Å². The van der Waals surface area contributed by atoms with Gasteiger partial charge in [-0.25, -0.2) is 0 Å². The first-order valence-corrected chi connectivity index (χ1v) is 1.22. The van der Waals surface area contributed by atoms with Crippen molar-refractivity contribution in [3.05, 3.63) is 0 Å². The van der Waals surface area contributed by atoms with Crippen molar-refractivity contribution in [1.82, 2.24) is 0 Å². The Bertz CT molecular complexity index is 30.6. The van der Waals surface area contributed by atoms with E-state index >= 15 is 0 Å². The maximum atomic E-state index is 8.40. The fraction of sp³-hybridized carbons (Fsp3) is 0. The second-order valence-corrected chi connectivity index (χ2v) is 0.250. The molecule has 0 N–H and O–H groups in total. The van der Waals surface area contributed by atoms with Crippen molar-refractivity contribution in [2.45, 2.75) is 0 Å². The fourth-order valence-corrected chi connectivity index (χ4v) is 0. The second kappa shape index (κ2) is 19.9. The zero-order valence-electron chi connectivity index (χ0n) is 1.97. The third-order valence-corrected chi connectivity index (χ3v) is 0. The molecular formula is CoO2PtSi. The van der Waals surface area contributed by atoms with Gasteiger partial charge in [-0.3, -0.25) is 8.92 Å². The van der Waals surface area contributed by atoms with Crippen LogP contribution in [-0.2, 0) is 46.8 Å². The minimum Gasteiger partial charge on any atom is -0.274 e. The number of rotatable bonds is 0. The van der Waals surface area contributed by atoms with E-state index in [1.807, 2.05) is 0 Å². The Morgan fingerprint density at radius 1 is 1.20 bits per heavy atom. The maximum Gasteiger partial charge on any atom is 0.549 e. The molecule has 0 unspecified atom stereocenters. The van der Waals surface area contributed by atoms with Crippen LogP contribution in [0, 0.1) is 0 Å². The molecule has 2 nitrogen and oxygen atoms in total. The zero-order chi connectivity index (χ0) is 2.71. The number of hydrogen-bond acceptors (Lipinski definition) is 2. The largest absolute Gasteiger partial charge is 0.549 e. The van der Waals surface area contributed by atoms with E-state index in [2.05, 4.69) is 0 Å². The first kappa shape index (κ1) is 16.6. The molecule has 0 heterocycles. The molecule has 0 bridgehead atoms. The van der Waals surface area contributed by atoms with Crippen LogP contribution in [0.25, 0.3) is 0 Å². The average Bonchev–Trinajstić information content (AvgIpc) is 0.918. The Morgan fingerprint density at radius 2 is 1.20 bits per heavy atom. The average molecular weight is 314 g/mol. The van der Waals surface area contributed by atoms with Crippen molar-refractivity contribution < 1.29 is 46.8 Å². The van der Waals surface area contributed by atoms with Crippen molar-refractivity contribution in [2.75, 3.05) is 0 Å². The molecule has 35 valence electrons. The minimum absolute atomic E-state index is 0. The van der Waals surface area contributed by atoms with E-state index in [9.17, 15) is 0 Å². The summed E-state index contributed by atoms with van der Waals surface area (Å²) in [6.45, 7) is 0. The summed E-state index contributed by atoms with van der Waals surface area (Å²) in [6, 6.07) is 0. The van der Waals surface area contributed by atoms with Gasteiger partial charge in [-0.15, -0.1) is 0 Å². The fourth-order valence-electron chi connectivity index (χ4n) is 0. The predicted molar refractivity (Wildman–Crippen MR) is 7.13 cm³/mol. The van der Waals surface area contributed by atoms with E-state index < -0.39 is 9.29 Å². The van der Waals surface area contributed by atoms with Gasteiger partial charge < -0.3 is 0 Å². The first-order chi connectivity index (χ1) is 1.41.